The number of ketones is 3. The summed E-state index contributed by atoms with van der Waals surface area (Å²) >= 11 is 0. The number of carbonyl (C=O) groups excluding carboxylic acids is 3. The number of ether oxygens (including phenoxy) is 1. The molecule has 3 aliphatic rings. The quantitative estimate of drug-likeness (QED) is 0.179. The van der Waals surface area contributed by atoms with Crippen LogP contribution in [0.2, 0.25) is 0 Å². The fourth-order valence-corrected chi connectivity index (χ4v) is 7.63. The van der Waals surface area contributed by atoms with E-state index in [1.807, 2.05) is 38.1 Å². The molecule has 0 spiro atoms. The van der Waals surface area contributed by atoms with Gasteiger partial charge in [0.2, 0.25) is 0 Å². The zero-order valence-electron chi connectivity index (χ0n) is 27.6. The molecule has 2 bridgehead atoms. The number of rotatable bonds is 9. The normalized spacial score (nSPS) is 31.0. The number of Topliss-reactive ketones (excluding diaryl/α,β-unsaturated/α-hetero) is 3. The molecule has 1 N–H and O–H groups in total. The first-order valence-electron chi connectivity index (χ1n) is 15.7. The van der Waals surface area contributed by atoms with Gasteiger partial charge < -0.3 is 9.84 Å². The number of aliphatic hydroxyl groups excluding tert-OH is 1. The predicted octanol–water partition coefficient (Wildman–Crippen LogP) is 8.29. The third kappa shape index (κ3) is 5.32. The standard InChI is InChI=1S/C38H50O5/c1-24(2)14-13-20-36(9)28(18-17-25(3)4)23-37(21-19-26(5)6)32(41)29-22-30(39)35(7,8)43-33(29)38(36,34(37)42)31(40)27-15-11-10-12-16-27/h10-12,14-17,19,28,30,39H,13,18,20-23H2,1-9H3/t28-,30+,36+,37+,38-/m0/s1. The van der Waals surface area contributed by atoms with Crippen molar-refractivity contribution in [2.75, 3.05) is 0 Å². The van der Waals surface area contributed by atoms with Crippen LogP contribution in [-0.4, -0.2) is 34.2 Å². The lowest BCUT2D eigenvalue weighted by Gasteiger charge is -2.63. The average molecular weight is 587 g/mol. The van der Waals surface area contributed by atoms with E-state index in [1.54, 1.807) is 26.0 Å². The van der Waals surface area contributed by atoms with Crippen LogP contribution in [0.3, 0.4) is 0 Å². The molecular formula is C38H50O5. The number of hydrogen-bond donors (Lipinski definition) is 1. The lowest BCUT2D eigenvalue weighted by atomic mass is 9.38. The lowest BCUT2D eigenvalue weighted by Crippen LogP contribution is -2.71. The fraction of sp³-hybridized carbons (Fsp3) is 0.553. The molecule has 2 aliphatic carbocycles. The zero-order valence-corrected chi connectivity index (χ0v) is 27.6. The summed E-state index contributed by atoms with van der Waals surface area (Å²) in [6.45, 7) is 17.8. The Morgan fingerprint density at radius 3 is 2.12 bits per heavy atom. The first kappa shape index (κ1) is 32.9. The first-order chi connectivity index (χ1) is 20.0. The Balaban J connectivity index is 2.17. The van der Waals surface area contributed by atoms with Crippen molar-refractivity contribution in [3.8, 4) is 0 Å². The van der Waals surface area contributed by atoms with Crippen molar-refractivity contribution >= 4 is 17.3 Å². The summed E-state index contributed by atoms with van der Waals surface area (Å²) in [7, 11) is 0. The average Bonchev–Trinajstić information content (AvgIpc) is 2.93. The van der Waals surface area contributed by atoms with Gasteiger partial charge in [-0.25, -0.2) is 0 Å². The second-order valence-electron chi connectivity index (χ2n) is 14.6. The largest absolute Gasteiger partial charge is 0.487 e. The summed E-state index contributed by atoms with van der Waals surface area (Å²) in [5.74, 6) is -0.907. The second-order valence-corrected chi connectivity index (χ2v) is 14.6. The molecule has 1 aliphatic heterocycles. The van der Waals surface area contributed by atoms with Crippen LogP contribution in [-0.2, 0) is 14.3 Å². The number of hydrogen-bond acceptors (Lipinski definition) is 5. The van der Waals surface area contributed by atoms with Crippen LogP contribution in [0.4, 0.5) is 0 Å². The van der Waals surface area contributed by atoms with Crippen LogP contribution in [0, 0.1) is 22.2 Å². The van der Waals surface area contributed by atoms with E-state index >= 15 is 9.59 Å². The van der Waals surface area contributed by atoms with Crippen LogP contribution in [0.5, 0.6) is 0 Å². The molecule has 0 amide bonds. The first-order valence-corrected chi connectivity index (χ1v) is 15.7. The van der Waals surface area contributed by atoms with Gasteiger partial charge in [0.05, 0.1) is 11.5 Å². The number of aliphatic hydroxyl groups is 1. The van der Waals surface area contributed by atoms with E-state index in [-0.39, 0.29) is 41.9 Å². The molecule has 4 rings (SSSR count). The maximum absolute atomic E-state index is 15.6. The Hall–Kier alpha value is -3.05. The van der Waals surface area contributed by atoms with Crippen LogP contribution < -0.4 is 0 Å². The molecule has 0 aromatic heterocycles. The van der Waals surface area contributed by atoms with Gasteiger partial charge in [0.1, 0.15) is 11.4 Å². The molecule has 5 atom stereocenters. The third-order valence-electron chi connectivity index (χ3n) is 10.3. The maximum Gasteiger partial charge on any atom is 0.184 e. The van der Waals surface area contributed by atoms with Crippen LogP contribution in [0.1, 0.15) is 111 Å². The van der Waals surface area contributed by atoms with Crippen molar-refractivity contribution in [2.45, 2.75) is 113 Å². The lowest BCUT2D eigenvalue weighted by molar-refractivity contribution is -0.179. The van der Waals surface area contributed by atoms with Gasteiger partial charge in [0, 0.05) is 17.6 Å². The van der Waals surface area contributed by atoms with E-state index in [2.05, 4.69) is 46.8 Å². The minimum atomic E-state index is -1.72. The fourth-order valence-electron chi connectivity index (χ4n) is 7.63. The molecule has 5 nitrogen and oxygen atoms in total. The van der Waals surface area contributed by atoms with Gasteiger partial charge in [0.25, 0.3) is 0 Å². The SMILES string of the molecule is CC(C)=CCC[C@]1(C)[C@@H](CC=C(C)C)C[C@]2(CC=C(C)C)C(=O)C3=C(OC(C)(C)[C@H](O)C3)[C@@]1(C(=O)c1ccccc1)C2=O. The molecule has 0 radical (unpaired) electrons. The summed E-state index contributed by atoms with van der Waals surface area (Å²) in [5.41, 5.74) is -1.03. The van der Waals surface area contributed by atoms with Gasteiger partial charge in [-0.05, 0) is 98.8 Å². The molecule has 5 heteroatoms. The van der Waals surface area contributed by atoms with E-state index in [1.165, 1.54) is 5.57 Å². The molecular weight excluding hydrogens is 536 g/mol. The van der Waals surface area contributed by atoms with Gasteiger partial charge in [-0.3, -0.25) is 14.4 Å². The van der Waals surface area contributed by atoms with Gasteiger partial charge >= 0.3 is 0 Å². The van der Waals surface area contributed by atoms with E-state index in [0.29, 0.717) is 36.8 Å². The molecule has 43 heavy (non-hydrogen) atoms. The Labute approximate surface area is 258 Å². The smallest absolute Gasteiger partial charge is 0.184 e. The highest BCUT2D eigenvalue weighted by molar-refractivity contribution is 6.30. The summed E-state index contributed by atoms with van der Waals surface area (Å²) < 4.78 is 6.65. The molecule has 1 heterocycles. The van der Waals surface area contributed by atoms with Crippen molar-refractivity contribution in [2.24, 2.45) is 22.2 Å². The molecule has 0 unspecified atom stereocenters. The molecule has 1 aromatic rings. The summed E-state index contributed by atoms with van der Waals surface area (Å²) in [6, 6.07) is 9.00. The minimum Gasteiger partial charge on any atom is -0.487 e. The third-order valence-corrected chi connectivity index (χ3v) is 10.3. The highest BCUT2D eigenvalue weighted by Crippen LogP contribution is 2.69. The van der Waals surface area contributed by atoms with Crippen LogP contribution >= 0.6 is 0 Å². The van der Waals surface area contributed by atoms with Crippen molar-refractivity contribution < 1.29 is 24.2 Å². The molecule has 1 aromatic carbocycles. The molecule has 0 saturated heterocycles. The van der Waals surface area contributed by atoms with Gasteiger partial charge in [-0.1, -0.05) is 72.2 Å². The summed E-state index contributed by atoms with van der Waals surface area (Å²) in [6.07, 6.45) is 7.88. The van der Waals surface area contributed by atoms with Crippen LogP contribution in [0.15, 0.2) is 76.6 Å². The number of benzene rings is 1. The van der Waals surface area contributed by atoms with Gasteiger partial charge in [-0.15, -0.1) is 0 Å². The van der Waals surface area contributed by atoms with Crippen molar-refractivity contribution in [3.63, 3.8) is 0 Å². The summed E-state index contributed by atoms with van der Waals surface area (Å²) in [4.78, 5) is 45.6. The Bertz CT molecular complexity index is 1410. The molecule has 232 valence electrons. The second kappa shape index (κ2) is 11.8. The van der Waals surface area contributed by atoms with E-state index in [9.17, 15) is 9.90 Å². The van der Waals surface area contributed by atoms with Gasteiger partial charge in [-0.2, -0.15) is 0 Å². The molecule has 1 fully saturated rings. The van der Waals surface area contributed by atoms with E-state index in [0.717, 1.165) is 11.1 Å². The Morgan fingerprint density at radius 1 is 0.930 bits per heavy atom. The van der Waals surface area contributed by atoms with E-state index < -0.39 is 27.9 Å². The number of allylic oxidation sites excluding steroid dienone is 7. The van der Waals surface area contributed by atoms with E-state index in [4.69, 9.17) is 4.74 Å². The molecule has 1 saturated carbocycles. The topological polar surface area (TPSA) is 80.7 Å². The van der Waals surface area contributed by atoms with Crippen molar-refractivity contribution in [3.05, 3.63) is 82.2 Å². The maximum atomic E-state index is 15.6. The summed E-state index contributed by atoms with van der Waals surface area (Å²) in [5, 5.41) is 11.2. The Morgan fingerprint density at radius 2 is 1.53 bits per heavy atom. The predicted molar refractivity (Wildman–Crippen MR) is 171 cm³/mol. The highest BCUT2D eigenvalue weighted by Gasteiger charge is 2.77. The van der Waals surface area contributed by atoms with Crippen molar-refractivity contribution in [1.29, 1.82) is 0 Å². The number of fused-ring (bicyclic) bond motifs is 3. The zero-order chi connectivity index (χ0) is 32.0. The Kier molecular flexibility index (Phi) is 9.02. The number of carbonyl (C=O) groups is 3. The highest BCUT2D eigenvalue weighted by atomic mass is 16.5. The van der Waals surface area contributed by atoms with Crippen LogP contribution in [0.25, 0.3) is 0 Å². The minimum absolute atomic E-state index is 0.0531. The monoisotopic (exact) mass is 586 g/mol. The van der Waals surface area contributed by atoms with Gasteiger partial charge in [0.15, 0.2) is 22.8 Å². The van der Waals surface area contributed by atoms with Crippen molar-refractivity contribution in [1.82, 2.24) is 0 Å².